The highest BCUT2D eigenvalue weighted by molar-refractivity contribution is 5.81. The summed E-state index contributed by atoms with van der Waals surface area (Å²) in [5.74, 6) is -0.0721. The molecule has 1 aliphatic heterocycles. The average molecular weight is 369 g/mol. The molecule has 1 heterocycles. The van der Waals surface area contributed by atoms with Crippen LogP contribution in [0.1, 0.15) is 24.0 Å². The van der Waals surface area contributed by atoms with Gasteiger partial charge in [-0.2, -0.15) is 0 Å². The predicted octanol–water partition coefficient (Wildman–Crippen LogP) is 3.04. The minimum Gasteiger partial charge on any atom is -0.504 e. The lowest BCUT2D eigenvalue weighted by Gasteiger charge is -2.20. The van der Waals surface area contributed by atoms with Gasteiger partial charge in [0.05, 0.1) is 20.1 Å². The van der Waals surface area contributed by atoms with Gasteiger partial charge in [-0.1, -0.05) is 24.3 Å². The van der Waals surface area contributed by atoms with Crippen molar-refractivity contribution in [2.24, 2.45) is 0 Å². The Morgan fingerprint density at radius 1 is 1.22 bits per heavy atom. The minimum atomic E-state index is -0.408. The van der Waals surface area contributed by atoms with Gasteiger partial charge in [-0.15, -0.1) is 0 Å². The van der Waals surface area contributed by atoms with E-state index in [1.807, 2.05) is 37.3 Å². The van der Waals surface area contributed by atoms with Crippen molar-refractivity contribution in [3.63, 3.8) is 0 Å². The second-order valence-electron chi connectivity index (χ2n) is 6.54. The van der Waals surface area contributed by atoms with Crippen molar-refractivity contribution < 1.29 is 24.2 Å². The molecule has 1 N–H and O–H groups in total. The Labute approximate surface area is 158 Å². The highest BCUT2D eigenvalue weighted by Crippen LogP contribution is 2.38. The molecule has 142 valence electrons. The molecular formula is C21H23NO5. The maximum atomic E-state index is 12.5. The first-order valence-electron chi connectivity index (χ1n) is 8.89. The molecule has 2 aromatic rings. The van der Waals surface area contributed by atoms with Crippen LogP contribution in [-0.2, 0) is 20.9 Å². The standard InChI is InChI=1S/C21H23NO5/c1-14-5-3-4-6-17(14)15-11-16-13-22(19(24)7-8-20(25)26-2)9-10-27-21(16)18(23)12-15/h3-6,11-12,23H,7-10,13H2,1-2H3. The fraction of sp³-hybridized carbons (Fsp3) is 0.333. The van der Waals surface area contributed by atoms with E-state index in [2.05, 4.69) is 4.74 Å². The van der Waals surface area contributed by atoms with Gasteiger partial charge >= 0.3 is 5.97 Å². The molecule has 0 saturated heterocycles. The van der Waals surface area contributed by atoms with Gasteiger partial charge in [-0.3, -0.25) is 9.59 Å². The monoisotopic (exact) mass is 369 g/mol. The molecule has 0 radical (unpaired) electrons. The van der Waals surface area contributed by atoms with Crippen molar-refractivity contribution in [1.29, 1.82) is 0 Å². The van der Waals surface area contributed by atoms with Crippen molar-refractivity contribution in [1.82, 2.24) is 4.90 Å². The number of nitrogens with zero attached hydrogens (tertiary/aromatic N) is 1. The van der Waals surface area contributed by atoms with E-state index in [0.717, 1.165) is 22.3 Å². The zero-order valence-electron chi connectivity index (χ0n) is 15.5. The summed E-state index contributed by atoms with van der Waals surface area (Å²) < 4.78 is 10.3. The molecule has 0 saturated carbocycles. The summed E-state index contributed by atoms with van der Waals surface area (Å²) in [4.78, 5) is 25.4. The molecule has 0 unspecified atom stereocenters. The molecule has 0 bridgehead atoms. The average Bonchev–Trinajstić information content (AvgIpc) is 2.89. The summed E-state index contributed by atoms with van der Waals surface area (Å²) in [6.45, 7) is 3.02. The summed E-state index contributed by atoms with van der Waals surface area (Å²) in [5, 5.41) is 10.5. The van der Waals surface area contributed by atoms with Gasteiger partial charge < -0.3 is 19.5 Å². The number of aryl methyl sites for hydroxylation is 1. The van der Waals surface area contributed by atoms with Gasteiger partial charge in [0.25, 0.3) is 0 Å². The van der Waals surface area contributed by atoms with E-state index in [-0.39, 0.29) is 31.1 Å². The van der Waals surface area contributed by atoms with Crippen molar-refractivity contribution in [2.45, 2.75) is 26.3 Å². The maximum absolute atomic E-state index is 12.5. The Balaban J connectivity index is 1.87. The molecule has 1 aliphatic rings. The lowest BCUT2D eigenvalue weighted by Crippen LogP contribution is -2.32. The van der Waals surface area contributed by atoms with Gasteiger partial charge in [0.2, 0.25) is 5.91 Å². The Bertz CT molecular complexity index is 862. The Hall–Kier alpha value is -3.02. The third-order valence-electron chi connectivity index (χ3n) is 4.69. The number of hydrogen-bond donors (Lipinski definition) is 1. The number of hydrogen-bond acceptors (Lipinski definition) is 5. The van der Waals surface area contributed by atoms with Crippen molar-refractivity contribution in [3.05, 3.63) is 47.5 Å². The number of esters is 1. The largest absolute Gasteiger partial charge is 0.504 e. The van der Waals surface area contributed by atoms with Crippen molar-refractivity contribution in [3.8, 4) is 22.6 Å². The molecule has 3 rings (SSSR count). The second-order valence-corrected chi connectivity index (χ2v) is 6.54. The van der Waals surface area contributed by atoms with Gasteiger partial charge in [0.15, 0.2) is 11.5 Å². The predicted molar refractivity (Wildman–Crippen MR) is 100 cm³/mol. The van der Waals surface area contributed by atoms with Crippen LogP contribution < -0.4 is 4.74 Å². The van der Waals surface area contributed by atoms with Crippen molar-refractivity contribution >= 4 is 11.9 Å². The van der Waals surface area contributed by atoms with Crippen LogP contribution in [-0.4, -0.2) is 42.1 Å². The van der Waals surface area contributed by atoms with Gasteiger partial charge in [0.1, 0.15) is 6.61 Å². The van der Waals surface area contributed by atoms with E-state index in [1.54, 1.807) is 11.0 Å². The summed E-state index contributed by atoms with van der Waals surface area (Å²) >= 11 is 0. The Morgan fingerprint density at radius 2 is 2.00 bits per heavy atom. The fourth-order valence-electron chi connectivity index (χ4n) is 3.23. The number of ether oxygens (including phenoxy) is 2. The molecule has 27 heavy (non-hydrogen) atoms. The number of phenols is 1. The van der Waals surface area contributed by atoms with E-state index >= 15 is 0 Å². The zero-order chi connectivity index (χ0) is 19.4. The third kappa shape index (κ3) is 4.22. The number of benzene rings is 2. The zero-order valence-corrected chi connectivity index (χ0v) is 15.5. The van der Waals surface area contributed by atoms with Crippen LogP contribution >= 0.6 is 0 Å². The summed E-state index contributed by atoms with van der Waals surface area (Å²) in [5.41, 5.74) is 3.73. The fourth-order valence-corrected chi connectivity index (χ4v) is 3.23. The third-order valence-corrected chi connectivity index (χ3v) is 4.69. The van der Waals surface area contributed by atoms with E-state index < -0.39 is 5.97 Å². The molecule has 1 amide bonds. The first kappa shape index (κ1) is 18.8. The molecule has 0 fully saturated rings. The molecule has 0 aromatic heterocycles. The minimum absolute atomic E-state index is 0.0497. The number of carbonyl (C=O) groups excluding carboxylic acids is 2. The van der Waals surface area contributed by atoms with Gasteiger partial charge in [-0.05, 0) is 35.7 Å². The summed E-state index contributed by atoms with van der Waals surface area (Å²) in [7, 11) is 1.30. The van der Waals surface area contributed by atoms with Crippen LogP contribution in [0.15, 0.2) is 36.4 Å². The van der Waals surface area contributed by atoms with Crippen molar-refractivity contribution in [2.75, 3.05) is 20.3 Å². The number of carbonyl (C=O) groups is 2. The first-order chi connectivity index (χ1) is 13.0. The number of phenolic OH excluding ortho intramolecular Hbond substituents is 1. The lowest BCUT2D eigenvalue weighted by atomic mass is 9.98. The van der Waals surface area contributed by atoms with Crippen LogP contribution in [0.3, 0.4) is 0 Å². The smallest absolute Gasteiger partial charge is 0.306 e. The number of methoxy groups -OCH3 is 1. The number of amides is 1. The van der Waals surface area contributed by atoms with Crippen LogP contribution in [0.5, 0.6) is 11.5 Å². The van der Waals surface area contributed by atoms with E-state index in [1.165, 1.54) is 7.11 Å². The maximum Gasteiger partial charge on any atom is 0.306 e. The molecule has 0 aliphatic carbocycles. The van der Waals surface area contributed by atoms with E-state index in [0.29, 0.717) is 18.8 Å². The SMILES string of the molecule is COC(=O)CCC(=O)N1CCOc2c(O)cc(-c3ccccc3C)cc2C1. The highest BCUT2D eigenvalue weighted by Gasteiger charge is 2.23. The highest BCUT2D eigenvalue weighted by atomic mass is 16.5. The molecule has 0 spiro atoms. The molecule has 6 heteroatoms. The van der Waals surface area contributed by atoms with Gasteiger partial charge in [-0.25, -0.2) is 0 Å². The quantitative estimate of drug-likeness (QED) is 0.839. The molecule has 0 atom stereocenters. The number of fused-ring (bicyclic) bond motifs is 1. The topological polar surface area (TPSA) is 76.1 Å². The molecule has 6 nitrogen and oxygen atoms in total. The number of rotatable bonds is 4. The van der Waals surface area contributed by atoms with E-state index in [4.69, 9.17) is 4.74 Å². The van der Waals surface area contributed by atoms with Crippen LogP contribution in [0, 0.1) is 6.92 Å². The molecule has 2 aromatic carbocycles. The normalized spacial score (nSPS) is 13.3. The van der Waals surface area contributed by atoms with E-state index in [9.17, 15) is 14.7 Å². The Kier molecular flexibility index (Phi) is 5.64. The summed E-state index contributed by atoms with van der Waals surface area (Å²) in [6.07, 6.45) is 0.138. The van der Waals surface area contributed by atoms with Gasteiger partial charge in [0, 0.05) is 18.5 Å². The Morgan fingerprint density at radius 3 is 2.74 bits per heavy atom. The lowest BCUT2D eigenvalue weighted by molar-refractivity contribution is -0.143. The molecular weight excluding hydrogens is 346 g/mol. The van der Waals surface area contributed by atoms with Crippen LogP contribution in [0.25, 0.3) is 11.1 Å². The summed E-state index contributed by atoms with van der Waals surface area (Å²) in [6, 6.07) is 11.6. The van der Waals surface area contributed by atoms with Crippen LogP contribution in [0.4, 0.5) is 0 Å². The first-order valence-corrected chi connectivity index (χ1v) is 8.89. The number of aromatic hydroxyl groups is 1. The van der Waals surface area contributed by atoms with Crippen LogP contribution in [0.2, 0.25) is 0 Å². The second kappa shape index (κ2) is 8.12.